The Morgan fingerprint density at radius 3 is 2.67 bits per heavy atom. The summed E-state index contributed by atoms with van der Waals surface area (Å²) in [5.74, 6) is -1.33. The van der Waals surface area contributed by atoms with Gasteiger partial charge in [0.25, 0.3) is 0 Å². The summed E-state index contributed by atoms with van der Waals surface area (Å²) in [4.78, 5) is 27.8. The van der Waals surface area contributed by atoms with E-state index in [0.717, 1.165) is 31.5 Å². The Kier molecular flexibility index (Phi) is 6.38. The van der Waals surface area contributed by atoms with E-state index in [1.54, 1.807) is 6.07 Å². The zero-order valence-electron chi connectivity index (χ0n) is 14.9. The Bertz CT molecular complexity index is 776. The van der Waals surface area contributed by atoms with Gasteiger partial charge in [-0.15, -0.1) is 0 Å². The van der Waals surface area contributed by atoms with Gasteiger partial charge in [0.1, 0.15) is 18.3 Å². The van der Waals surface area contributed by atoms with Crippen molar-refractivity contribution in [3.63, 3.8) is 0 Å². The third kappa shape index (κ3) is 5.27. The first-order valence-electron chi connectivity index (χ1n) is 9.00. The first-order chi connectivity index (χ1) is 13.1. The lowest BCUT2D eigenvalue weighted by Gasteiger charge is -2.30. The van der Waals surface area contributed by atoms with E-state index in [1.165, 1.54) is 12.3 Å². The highest BCUT2D eigenvalue weighted by molar-refractivity contribution is 5.87. The van der Waals surface area contributed by atoms with E-state index in [9.17, 15) is 9.59 Å². The van der Waals surface area contributed by atoms with Crippen molar-refractivity contribution in [2.75, 3.05) is 18.4 Å². The van der Waals surface area contributed by atoms with E-state index in [2.05, 4.69) is 15.6 Å². The fourth-order valence-corrected chi connectivity index (χ4v) is 3.18. The molecular formula is C20H23N3O4. The monoisotopic (exact) mass is 369 g/mol. The summed E-state index contributed by atoms with van der Waals surface area (Å²) in [5, 5.41) is 15.6. The van der Waals surface area contributed by atoms with Gasteiger partial charge in [0, 0.05) is 11.9 Å². The van der Waals surface area contributed by atoms with Gasteiger partial charge in [-0.05, 0) is 49.5 Å². The number of benzene rings is 1. The summed E-state index contributed by atoms with van der Waals surface area (Å²) in [6, 6.07) is 12.1. The van der Waals surface area contributed by atoms with Gasteiger partial charge in [0.05, 0.1) is 0 Å². The van der Waals surface area contributed by atoms with Crippen LogP contribution < -0.4 is 10.6 Å². The molecule has 1 saturated heterocycles. The van der Waals surface area contributed by atoms with E-state index in [-0.39, 0.29) is 24.2 Å². The van der Waals surface area contributed by atoms with Crippen LogP contribution in [0.25, 0.3) is 0 Å². The quantitative estimate of drug-likeness (QED) is 0.644. The van der Waals surface area contributed by atoms with Crippen LogP contribution in [0.15, 0.2) is 48.7 Å². The average Bonchev–Trinajstić information content (AvgIpc) is 2.72. The van der Waals surface area contributed by atoms with Crippen molar-refractivity contribution in [1.82, 2.24) is 10.3 Å². The molecule has 7 nitrogen and oxygen atoms in total. The maximum atomic E-state index is 12.8. The third-order valence-electron chi connectivity index (χ3n) is 4.63. The summed E-state index contributed by atoms with van der Waals surface area (Å²) in [7, 11) is 0. The number of aromatic carboxylic acids is 1. The van der Waals surface area contributed by atoms with E-state index < -0.39 is 12.0 Å². The van der Waals surface area contributed by atoms with Gasteiger partial charge in [-0.25, -0.2) is 14.6 Å². The second kappa shape index (κ2) is 9.14. The molecule has 0 saturated carbocycles. The van der Waals surface area contributed by atoms with Gasteiger partial charge < -0.3 is 20.5 Å². The van der Waals surface area contributed by atoms with Crippen molar-refractivity contribution in [3.05, 3.63) is 59.9 Å². The Labute approximate surface area is 157 Å². The minimum Gasteiger partial charge on any atom is -0.477 e. The first-order valence-corrected chi connectivity index (χ1v) is 9.00. The molecule has 0 radical (unpaired) electrons. The van der Waals surface area contributed by atoms with Gasteiger partial charge in [-0.2, -0.15) is 0 Å². The molecule has 0 spiro atoms. The molecule has 3 rings (SSSR count). The largest absolute Gasteiger partial charge is 0.477 e. The first kappa shape index (κ1) is 18.8. The number of carbonyl (C=O) groups excluding carboxylic acids is 1. The zero-order valence-corrected chi connectivity index (χ0v) is 14.9. The molecule has 1 aromatic heterocycles. The van der Waals surface area contributed by atoms with E-state index in [4.69, 9.17) is 9.84 Å². The number of nitrogens with one attached hydrogen (secondary N) is 2. The zero-order chi connectivity index (χ0) is 19.1. The van der Waals surface area contributed by atoms with Crippen LogP contribution >= 0.6 is 0 Å². The molecule has 2 heterocycles. The van der Waals surface area contributed by atoms with Crippen LogP contribution in [0.5, 0.6) is 0 Å². The number of piperidine rings is 1. The van der Waals surface area contributed by atoms with Crippen molar-refractivity contribution < 1.29 is 19.4 Å². The number of anilines is 1. The van der Waals surface area contributed by atoms with Crippen LogP contribution in [0, 0.1) is 5.92 Å². The van der Waals surface area contributed by atoms with Crippen LogP contribution in [0.1, 0.15) is 28.9 Å². The Balaban J connectivity index is 1.73. The Morgan fingerprint density at radius 2 is 1.96 bits per heavy atom. The molecule has 0 bridgehead atoms. The van der Waals surface area contributed by atoms with Gasteiger partial charge in [-0.3, -0.25) is 0 Å². The van der Waals surface area contributed by atoms with Gasteiger partial charge in [0.2, 0.25) is 0 Å². The highest BCUT2D eigenvalue weighted by Gasteiger charge is 2.31. The molecule has 7 heteroatoms. The standard InChI is InChI=1S/C20H23N3O4/c24-19(25)17-12-16(8-11-22-17)23-18(15-6-9-21-10-7-15)20(26)27-13-14-4-2-1-3-5-14/h1-5,8,11-12,15,18,21H,6-7,9-10,13H2,(H,22,23)(H,24,25). The number of carboxylic acid groups (broad SMARTS) is 1. The number of rotatable bonds is 7. The molecule has 1 aliphatic rings. The minimum atomic E-state index is -1.11. The van der Waals surface area contributed by atoms with Crippen LogP contribution in [0.2, 0.25) is 0 Å². The van der Waals surface area contributed by atoms with Gasteiger partial charge in [0.15, 0.2) is 0 Å². The smallest absolute Gasteiger partial charge is 0.354 e. The molecule has 1 aliphatic heterocycles. The van der Waals surface area contributed by atoms with Crippen molar-refractivity contribution in [2.45, 2.75) is 25.5 Å². The lowest BCUT2D eigenvalue weighted by atomic mass is 9.90. The maximum Gasteiger partial charge on any atom is 0.354 e. The third-order valence-corrected chi connectivity index (χ3v) is 4.63. The highest BCUT2D eigenvalue weighted by Crippen LogP contribution is 2.22. The van der Waals surface area contributed by atoms with Gasteiger partial charge >= 0.3 is 11.9 Å². The lowest BCUT2D eigenvalue weighted by Crippen LogP contribution is -2.43. The summed E-state index contributed by atoms with van der Waals surface area (Å²) in [5.41, 5.74) is 1.40. The van der Waals surface area contributed by atoms with E-state index >= 15 is 0 Å². The predicted molar refractivity (Wildman–Crippen MR) is 100 cm³/mol. The normalized spacial score (nSPS) is 15.7. The molecule has 142 valence electrons. The second-order valence-corrected chi connectivity index (χ2v) is 6.54. The molecule has 27 heavy (non-hydrogen) atoms. The SMILES string of the molecule is O=C(O)c1cc(NC(C(=O)OCc2ccccc2)C2CCNCC2)ccn1. The summed E-state index contributed by atoms with van der Waals surface area (Å²) < 4.78 is 5.54. The molecule has 1 unspecified atom stereocenters. The summed E-state index contributed by atoms with van der Waals surface area (Å²) in [6.45, 7) is 1.89. The fourth-order valence-electron chi connectivity index (χ4n) is 3.18. The predicted octanol–water partition coefficient (Wildman–Crippen LogP) is 2.30. The molecule has 1 fully saturated rings. The lowest BCUT2D eigenvalue weighted by molar-refractivity contribution is -0.147. The molecule has 1 aromatic carbocycles. The van der Waals surface area contributed by atoms with Crippen molar-refractivity contribution >= 4 is 17.6 Å². The topological polar surface area (TPSA) is 101 Å². The minimum absolute atomic E-state index is 0.0679. The van der Waals surface area contributed by atoms with Crippen molar-refractivity contribution in [2.24, 2.45) is 5.92 Å². The summed E-state index contributed by atoms with van der Waals surface area (Å²) in [6.07, 6.45) is 3.10. The highest BCUT2D eigenvalue weighted by atomic mass is 16.5. The van der Waals surface area contributed by atoms with Crippen LogP contribution in [-0.2, 0) is 16.1 Å². The number of carboxylic acids is 1. The number of carbonyl (C=O) groups is 2. The summed E-state index contributed by atoms with van der Waals surface area (Å²) >= 11 is 0. The van der Waals surface area contributed by atoms with Crippen LogP contribution in [0.3, 0.4) is 0 Å². The number of hydrogen-bond acceptors (Lipinski definition) is 6. The van der Waals surface area contributed by atoms with Crippen LogP contribution in [0.4, 0.5) is 5.69 Å². The Morgan fingerprint density at radius 1 is 1.22 bits per heavy atom. The molecule has 0 amide bonds. The number of aromatic nitrogens is 1. The maximum absolute atomic E-state index is 12.8. The number of hydrogen-bond donors (Lipinski definition) is 3. The number of ether oxygens (including phenoxy) is 1. The Hall–Kier alpha value is -2.93. The fraction of sp³-hybridized carbons (Fsp3) is 0.350. The number of esters is 1. The molecule has 2 aromatic rings. The number of nitrogens with zero attached hydrogens (tertiary/aromatic N) is 1. The molecule has 1 atom stereocenters. The molecular weight excluding hydrogens is 346 g/mol. The van der Waals surface area contributed by atoms with Crippen LogP contribution in [-0.4, -0.2) is 41.2 Å². The van der Waals surface area contributed by atoms with Crippen molar-refractivity contribution in [1.29, 1.82) is 0 Å². The van der Waals surface area contributed by atoms with Gasteiger partial charge in [-0.1, -0.05) is 30.3 Å². The van der Waals surface area contributed by atoms with E-state index in [1.807, 2.05) is 30.3 Å². The molecule has 0 aliphatic carbocycles. The number of pyridine rings is 1. The molecule has 3 N–H and O–H groups in total. The average molecular weight is 369 g/mol. The second-order valence-electron chi connectivity index (χ2n) is 6.54. The van der Waals surface area contributed by atoms with E-state index in [0.29, 0.717) is 5.69 Å². The van der Waals surface area contributed by atoms with Crippen molar-refractivity contribution in [3.8, 4) is 0 Å².